The van der Waals surface area contributed by atoms with E-state index in [4.69, 9.17) is 0 Å². The lowest BCUT2D eigenvalue weighted by Crippen LogP contribution is -2.26. The maximum Gasteiger partial charge on any atom is 0.0761 e. The number of aliphatic hydroxyl groups excluding tert-OH is 2. The first-order valence-electron chi connectivity index (χ1n) is 6.29. The van der Waals surface area contributed by atoms with Gasteiger partial charge in [0.1, 0.15) is 0 Å². The molecule has 17 heavy (non-hydrogen) atoms. The van der Waals surface area contributed by atoms with Gasteiger partial charge in [-0.25, -0.2) is 0 Å². The van der Waals surface area contributed by atoms with Gasteiger partial charge in [-0.05, 0) is 37.5 Å². The van der Waals surface area contributed by atoms with Crippen LogP contribution in [0.1, 0.15) is 44.3 Å². The summed E-state index contributed by atoms with van der Waals surface area (Å²) in [5.41, 5.74) is 0.943. The minimum absolute atomic E-state index is 0.162. The molecule has 94 valence electrons. The Balaban J connectivity index is 1.98. The van der Waals surface area contributed by atoms with Crippen LogP contribution in [0.5, 0.6) is 0 Å². The fourth-order valence-electron chi connectivity index (χ4n) is 2.21. The fourth-order valence-corrected chi connectivity index (χ4v) is 3.43. The third-order valence-electron chi connectivity index (χ3n) is 3.32. The molecule has 1 aromatic rings. The van der Waals surface area contributed by atoms with Crippen molar-refractivity contribution in [2.24, 2.45) is 0 Å². The lowest BCUT2D eigenvalue weighted by molar-refractivity contribution is 0.137. The Morgan fingerprint density at radius 2 is 1.82 bits per heavy atom. The number of thioether (sulfide) groups is 1. The van der Waals surface area contributed by atoms with Gasteiger partial charge in [-0.3, -0.25) is 0 Å². The summed E-state index contributed by atoms with van der Waals surface area (Å²) in [4.78, 5) is 1.18. The molecule has 0 amide bonds. The summed E-state index contributed by atoms with van der Waals surface area (Å²) in [6, 6.07) is 7.99. The molecule has 0 aromatic heterocycles. The van der Waals surface area contributed by atoms with Crippen LogP contribution in [-0.2, 0) is 0 Å². The molecule has 0 spiro atoms. The van der Waals surface area contributed by atoms with E-state index in [-0.39, 0.29) is 6.10 Å². The molecule has 2 N–H and O–H groups in total. The van der Waals surface area contributed by atoms with Crippen LogP contribution in [0.25, 0.3) is 0 Å². The molecule has 0 radical (unpaired) electrons. The average molecular weight is 252 g/mol. The maximum atomic E-state index is 9.91. The Morgan fingerprint density at radius 1 is 1.18 bits per heavy atom. The number of aliphatic hydroxyl groups is 2. The van der Waals surface area contributed by atoms with Crippen molar-refractivity contribution in [1.29, 1.82) is 0 Å². The van der Waals surface area contributed by atoms with E-state index in [0.29, 0.717) is 5.25 Å². The minimum atomic E-state index is -0.408. The Morgan fingerprint density at radius 3 is 2.41 bits per heavy atom. The zero-order chi connectivity index (χ0) is 12.3. The highest BCUT2D eigenvalue weighted by Gasteiger charge is 2.23. The molecule has 1 aromatic carbocycles. The fraction of sp³-hybridized carbons (Fsp3) is 0.571. The van der Waals surface area contributed by atoms with Crippen LogP contribution in [0.4, 0.5) is 0 Å². The van der Waals surface area contributed by atoms with Crippen LogP contribution >= 0.6 is 11.8 Å². The van der Waals surface area contributed by atoms with Crippen molar-refractivity contribution in [1.82, 2.24) is 0 Å². The lowest BCUT2D eigenvalue weighted by Gasteiger charge is -2.27. The highest BCUT2D eigenvalue weighted by atomic mass is 32.2. The summed E-state index contributed by atoms with van der Waals surface area (Å²) in [7, 11) is 0. The maximum absolute atomic E-state index is 9.91. The van der Waals surface area contributed by atoms with Gasteiger partial charge in [0, 0.05) is 10.1 Å². The lowest BCUT2D eigenvalue weighted by atomic mass is 9.97. The Labute approximate surface area is 107 Å². The third-order valence-corrected chi connectivity index (χ3v) is 4.71. The monoisotopic (exact) mass is 252 g/mol. The smallest absolute Gasteiger partial charge is 0.0761 e. The normalized spacial score (nSPS) is 26.8. The molecular formula is C14H20O2S. The van der Waals surface area contributed by atoms with E-state index >= 15 is 0 Å². The molecule has 1 aliphatic carbocycles. The first kappa shape index (κ1) is 12.9. The van der Waals surface area contributed by atoms with E-state index in [0.717, 1.165) is 24.8 Å². The van der Waals surface area contributed by atoms with Crippen molar-refractivity contribution < 1.29 is 10.2 Å². The van der Waals surface area contributed by atoms with Crippen LogP contribution in [-0.4, -0.2) is 21.6 Å². The zero-order valence-electron chi connectivity index (χ0n) is 10.2. The molecular weight excluding hydrogens is 232 g/mol. The molecule has 2 nitrogen and oxygen atoms in total. The quantitative estimate of drug-likeness (QED) is 0.868. The van der Waals surface area contributed by atoms with Gasteiger partial charge in [0.2, 0.25) is 0 Å². The van der Waals surface area contributed by atoms with Crippen LogP contribution in [0.2, 0.25) is 0 Å². The number of benzene rings is 1. The zero-order valence-corrected chi connectivity index (χ0v) is 11.0. The standard InChI is InChI=1S/C14H20O2S/c1-10(15)11-6-8-12(9-7-11)17-14-5-3-2-4-13(14)16/h6-10,13-16H,2-5H2,1H3. The summed E-state index contributed by atoms with van der Waals surface area (Å²) in [6.45, 7) is 1.77. The highest BCUT2D eigenvalue weighted by Crippen LogP contribution is 2.34. The third kappa shape index (κ3) is 3.47. The van der Waals surface area contributed by atoms with Gasteiger partial charge in [-0.2, -0.15) is 0 Å². The number of hydrogen-bond acceptors (Lipinski definition) is 3. The molecule has 0 aliphatic heterocycles. The molecule has 0 bridgehead atoms. The second-order valence-electron chi connectivity index (χ2n) is 4.75. The van der Waals surface area contributed by atoms with Crippen molar-refractivity contribution >= 4 is 11.8 Å². The van der Waals surface area contributed by atoms with Gasteiger partial charge < -0.3 is 10.2 Å². The first-order valence-corrected chi connectivity index (χ1v) is 7.17. The van der Waals surface area contributed by atoms with Crippen LogP contribution < -0.4 is 0 Å². The predicted molar refractivity (Wildman–Crippen MR) is 71.2 cm³/mol. The van der Waals surface area contributed by atoms with Gasteiger partial charge >= 0.3 is 0 Å². The van der Waals surface area contributed by atoms with Gasteiger partial charge in [0.25, 0.3) is 0 Å². The van der Waals surface area contributed by atoms with Crippen LogP contribution in [0.15, 0.2) is 29.2 Å². The van der Waals surface area contributed by atoms with Crippen molar-refractivity contribution in [3.05, 3.63) is 29.8 Å². The molecule has 3 atom stereocenters. The van der Waals surface area contributed by atoms with E-state index in [1.54, 1.807) is 18.7 Å². The second kappa shape index (κ2) is 5.89. The number of hydrogen-bond donors (Lipinski definition) is 2. The second-order valence-corrected chi connectivity index (χ2v) is 6.07. The Bertz CT molecular complexity index is 348. The summed E-state index contributed by atoms with van der Waals surface area (Å²) in [6.07, 6.45) is 3.84. The predicted octanol–water partition coefficient (Wildman–Crippen LogP) is 3.14. The SMILES string of the molecule is CC(O)c1ccc(SC2CCCCC2O)cc1. The van der Waals surface area contributed by atoms with E-state index in [1.165, 1.54) is 11.3 Å². The molecule has 1 fully saturated rings. The summed E-state index contributed by atoms with van der Waals surface area (Å²) >= 11 is 1.76. The molecule has 1 aliphatic rings. The summed E-state index contributed by atoms with van der Waals surface area (Å²) < 4.78 is 0. The van der Waals surface area contributed by atoms with Crippen molar-refractivity contribution in [3.63, 3.8) is 0 Å². The minimum Gasteiger partial charge on any atom is -0.392 e. The van der Waals surface area contributed by atoms with Gasteiger partial charge in [0.05, 0.1) is 12.2 Å². The highest BCUT2D eigenvalue weighted by molar-refractivity contribution is 8.00. The van der Waals surface area contributed by atoms with Crippen molar-refractivity contribution in [2.45, 2.75) is 55.0 Å². The molecule has 2 rings (SSSR count). The first-order chi connectivity index (χ1) is 8.16. The Hall–Kier alpha value is -0.510. The van der Waals surface area contributed by atoms with Gasteiger partial charge in [-0.1, -0.05) is 25.0 Å². The van der Waals surface area contributed by atoms with E-state index in [9.17, 15) is 10.2 Å². The Kier molecular flexibility index (Phi) is 4.48. The van der Waals surface area contributed by atoms with E-state index < -0.39 is 6.10 Å². The largest absolute Gasteiger partial charge is 0.392 e. The molecule has 3 heteroatoms. The van der Waals surface area contributed by atoms with Gasteiger partial charge in [0.15, 0.2) is 0 Å². The van der Waals surface area contributed by atoms with Crippen LogP contribution in [0.3, 0.4) is 0 Å². The molecule has 1 saturated carbocycles. The van der Waals surface area contributed by atoms with Gasteiger partial charge in [-0.15, -0.1) is 11.8 Å². The van der Waals surface area contributed by atoms with Crippen molar-refractivity contribution in [3.8, 4) is 0 Å². The average Bonchev–Trinajstić information content (AvgIpc) is 2.33. The van der Waals surface area contributed by atoms with E-state index in [2.05, 4.69) is 0 Å². The van der Waals surface area contributed by atoms with Crippen LogP contribution in [0, 0.1) is 0 Å². The topological polar surface area (TPSA) is 40.5 Å². The molecule has 3 unspecified atom stereocenters. The summed E-state index contributed by atoms with van der Waals surface area (Å²) in [5.74, 6) is 0. The summed E-state index contributed by atoms with van der Waals surface area (Å²) in [5, 5.41) is 19.7. The van der Waals surface area contributed by atoms with Crippen molar-refractivity contribution in [2.75, 3.05) is 0 Å². The number of rotatable bonds is 3. The van der Waals surface area contributed by atoms with E-state index in [1.807, 2.05) is 24.3 Å². The molecule has 0 heterocycles. The molecule has 0 saturated heterocycles.